The van der Waals surface area contributed by atoms with Crippen LogP contribution in [0, 0.1) is 0 Å². The first-order valence-electron chi connectivity index (χ1n) is 7.62. The SMILES string of the molecule is FC(F)(F)CC[C@H](c1c[nH]c2ccccc12)N1CCNCC1. The van der Waals surface area contributed by atoms with Gasteiger partial charge in [-0.15, -0.1) is 0 Å². The number of rotatable bonds is 4. The molecule has 1 aliphatic heterocycles. The van der Waals surface area contributed by atoms with Gasteiger partial charge in [-0.05, 0) is 18.1 Å². The van der Waals surface area contributed by atoms with Gasteiger partial charge in [-0.25, -0.2) is 0 Å². The fourth-order valence-corrected chi connectivity index (χ4v) is 3.20. The third-order valence-electron chi connectivity index (χ3n) is 4.27. The predicted octanol–water partition coefficient (Wildman–Crippen LogP) is 3.46. The maximum Gasteiger partial charge on any atom is 0.389 e. The van der Waals surface area contributed by atoms with Crippen molar-refractivity contribution in [3.05, 3.63) is 36.0 Å². The summed E-state index contributed by atoms with van der Waals surface area (Å²) in [6, 6.07) is 7.59. The smallest absolute Gasteiger partial charge is 0.361 e. The molecule has 2 heterocycles. The van der Waals surface area contributed by atoms with Gasteiger partial charge >= 0.3 is 6.18 Å². The summed E-state index contributed by atoms with van der Waals surface area (Å²) in [4.78, 5) is 5.35. The van der Waals surface area contributed by atoms with E-state index in [-0.39, 0.29) is 12.5 Å². The lowest BCUT2D eigenvalue weighted by Crippen LogP contribution is -2.45. The third-order valence-corrected chi connectivity index (χ3v) is 4.27. The number of aromatic amines is 1. The molecule has 3 nitrogen and oxygen atoms in total. The van der Waals surface area contributed by atoms with Gasteiger partial charge in [-0.3, -0.25) is 4.90 Å². The van der Waals surface area contributed by atoms with Crippen LogP contribution in [0.2, 0.25) is 0 Å². The number of alkyl halides is 3. The fraction of sp³-hybridized carbons (Fsp3) is 0.500. The Morgan fingerprint density at radius 3 is 2.59 bits per heavy atom. The van der Waals surface area contributed by atoms with E-state index in [4.69, 9.17) is 0 Å². The number of H-pyrrole nitrogens is 1. The molecule has 1 aliphatic rings. The molecule has 2 N–H and O–H groups in total. The lowest BCUT2D eigenvalue weighted by molar-refractivity contribution is -0.138. The Balaban J connectivity index is 1.89. The summed E-state index contributed by atoms with van der Waals surface area (Å²) in [7, 11) is 0. The van der Waals surface area contributed by atoms with Crippen molar-refractivity contribution in [2.45, 2.75) is 25.1 Å². The molecule has 0 unspecified atom stereocenters. The summed E-state index contributed by atoms with van der Waals surface area (Å²) in [5, 5.41) is 4.27. The van der Waals surface area contributed by atoms with E-state index in [1.165, 1.54) is 0 Å². The minimum Gasteiger partial charge on any atom is -0.361 e. The molecule has 0 radical (unpaired) electrons. The molecule has 0 amide bonds. The number of fused-ring (bicyclic) bond motifs is 1. The van der Waals surface area contributed by atoms with Crippen molar-refractivity contribution in [3.63, 3.8) is 0 Å². The molecule has 1 aromatic carbocycles. The van der Waals surface area contributed by atoms with Gasteiger partial charge in [0.1, 0.15) is 0 Å². The van der Waals surface area contributed by atoms with Gasteiger partial charge < -0.3 is 10.3 Å². The number of nitrogens with one attached hydrogen (secondary N) is 2. The quantitative estimate of drug-likeness (QED) is 0.906. The Morgan fingerprint density at radius 2 is 1.86 bits per heavy atom. The number of para-hydroxylation sites is 1. The maximum absolute atomic E-state index is 12.7. The van der Waals surface area contributed by atoms with Crippen molar-refractivity contribution >= 4 is 10.9 Å². The summed E-state index contributed by atoms with van der Waals surface area (Å²) in [5.41, 5.74) is 1.95. The molecule has 2 aromatic rings. The molecule has 120 valence electrons. The van der Waals surface area contributed by atoms with Gasteiger partial charge in [0, 0.05) is 55.7 Å². The van der Waals surface area contributed by atoms with Crippen molar-refractivity contribution in [1.82, 2.24) is 15.2 Å². The number of aromatic nitrogens is 1. The second-order valence-corrected chi connectivity index (χ2v) is 5.75. The molecular weight excluding hydrogens is 291 g/mol. The predicted molar refractivity (Wildman–Crippen MR) is 80.8 cm³/mol. The summed E-state index contributed by atoms with van der Waals surface area (Å²) in [5.74, 6) is 0. The van der Waals surface area contributed by atoms with Crippen LogP contribution < -0.4 is 5.32 Å². The molecule has 0 saturated carbocycles. The lowest BCUT2D eigenvalue weighted by Gasteiger charge is -2.35. The molecule has 1 aromatic heterocycles. The number of nitrogens with zero attached hydrogens (tertiary/aromatic N) is 1. The van der Waals surface area contributed by atoms with Crippen LogP contribution in [-0.2, 0) is 0 Å². The first-order chi connectivity index (χ1) is 10.5. The van der Waals surface area contributed by atoms with Gasteiger partial charge in [-0.1, -0.05) is 18.2 Å². The van der Waals surface area contributed by atoms with Crippen LogP contribution in [-0.4, -0.2) is 42.2 Å². The van der Waals surface area contributed by atoms with Crippen LogP contribution in [0.1, 0.15) is 24.4 Å². The second kappa shape index (κ2) is 6.30. The molecule has 1 fully saturated rings. The fourth-order valence-electron chi connectivity index (χ4n) is 3.20. The van der Waals surface area contributed by atoms with Crippen LogP contribution >= 0.6 is 0 Å². The Kier molecular flexibility index (Phi) is 4.40. The standard InChI is InChI=1S/C16H20F3N3/c17-16(18,19)6-5-15(22-9-7-20-8-10-22)13-11-21-14-4-2-1-3-12(13)14/h1-4,11,15,20-21H,5-10H2/t15-/m1/s1. The molecule has 0 aliphatic carbocycles. The number of piperazine rings is 1. The van der Waals surface area contributed by atoms with E-state index in [0.717, 1.165) is 42.6 Å². The van der Waals surface area contributed by atoms with Crippen LogP contribution in [0.15, 0.2) is 30.5 Å². The molecule has 3 rings (SSSR count). The van der Waals surface area contributed by atoms with E-state index in [0.29, 0.717) is 0 Å². The maximum atomic E-state index is 12.7. The van der Waals surface area contributed by atoms with E-state index >= 15 is 0 Å². The molecule has 0 spiro atoms. The Labute approximate surface area is 127 Å². The molecule has 0 bridgehead atoms. The Hall–Kier alpha value is -1.53. The third kappa shape index (κ3) is 3.44. The highest BCUT2D eigenvalue weighted by molar-refractivity contribution is 5.83. The topological polar surface area (TPSA) is 31.1 Å². The highest BCUT2D eigenvalue weighted by Gasteiger charge is 2.32. The Bertz CT molecular complexity index is 614. The normalized spacial score (nSPS) is 18.7. The van der Waals surface area contributed by atoms with Crippen molar-refractivity contribution < 1.29 is 13.2 Å². The largest absolute Gasteiger partial charge is 0.389 e. The van der Waals surface area contributed by atoms with Crippen molar-refractivity contribution in [2.75, 3.05) is 26.2 Å². The van der Waals surface area contributed by atoms with E-state index in [1.54, 1.807) is 0 Å². The van der Waals surface area contributed by atoms with Crippen molar-refractivity contribution in [3.8, 4) is 0 Å². The first kappa shape index (κ1) is 15.4. The van der Waals surface area contributed by atoms with Crippen molar-refractivity contribution in [1.29, 1.82) is 0 Å². The highest BCUT2D eigenvalue weighted by atomic mass is 19.4. The summed E-state index contributed by atoms with van der Waals surface area (Å²) in [6.45, 7) is 3.21. The van der Waals surface area contributed by atoms with Gasteiger partial charge in [0.15, 0.2) is 0 Å². The molecular formula is C16H20F3N3. The lowest BCUT2D eigenvalue weighted by atomic mass is 9.98. The zero-order chi connectivity index (χ0) is 15.6. The monoisotopic (exact) mass is 311 g/mol. The van der Waals surface area contributed by atoms with Gasteiger partial charge in [0.25, 0.3) is 0 Å². The Morgan fingerprint density at radius 1 is 1.14 bits per heavy atom. The van der Waals surface area contributed by atoms with E-state index in [9.17, 15) is 13.2 Å². The van der Waals surface area contributed by atoms with Crippen LogP contribution in [0.3, 0.4) is 0 Å². The summed E-state index contributed by atoms with van der Waals surface area (Å²) in [6.07, 6.45) is -2.89. The van der Waals surface area contributed by atoms with Gasteiger partial charge in [0.05, 0.1) is 0 Å². The minimum absolute atomic E-state index is 0.103. The molecule has 22 heavy (non-hydrogen) atoms. The summed E-state index contributed by atoms with van der Waals surface area (Å²) >= 11 is 0. The number of benzene rings is 1. The van der Waals surface area contributed by atoms with Gasteiger partial charge in [0.2, 0.25) is 0 Å². The molecule has 1 saturated heterocycles. The zero-order valence-electron chi connectivity index (χ0n) is 12.3. The average molecular weight is 311 g/mol. The number of halogens is 3. The average Bonchev–Trinajstić information content (AvgIpc) is 2.92. The molecule has 1 atom stereocenters. The van der Waals surface area contributed by atoms with Gasteiger partial charge in [-0.2, -0.15) is 13.2 Å². The number of hydrogen-bond donors (Lipinski definition) is 2. The van der Waals surface area contributed by atoms with E-state index in [1.807, 2.05) is 30.5 Å². The number of hydrogen-bond acceptors (Lipinski definition) is 2. The van der Waals surface area contributed by atoms with Crippen LogP contribution in [0.5, 0.6) is 0 Å². The zero-order valence-corrected chi connectivity index (χ0v) is 12.3. The van der Waals surface area contributed by atoms with Crippen LogP contribution in [0.4, 0.5) is 13.2 Å². The molecule has 6 heteroatoms. The first-order valence-corrected chi connectivity index (χ1v) is 7.62. The summed E-state index contributed by atoms with van der Waals surface area (Å²) < 4.78 is 38.1. The van der Waals surface area contributed by atoms with Crippen molar-refractivity contribution in [2.24, 2.45) is 0 Å². The minimum atomic E-state index is -4.11. The second-order valence-electron chi connectivity index (χ2n) is 5.75. The van der Waals surface area contributed by atoms with E-state index < -0.39 is 12.6 Å². The van der Waals surface area contributed by atoms with Crippen LogP contribution in [0.25, 0.3) is 10.9 Å². The van der Waals surface area contributed by atoms with E-state index in [2.05, 4.69) is 15.2 Å². The highest BCUT2D eigenvalue weighted by Crippen LogP contribution is 2.35.